The Labute approximate surface area is 133 Å². The van der Waals surface area contributed by atoms with Crippen molar-refractivity contribution < 1.29 is 4.74 Å². The molecule has 0 atom stereocenters. The summed E-state index contributed by atoms with van der Waals surface area (Å²) in [5.74, 6) is 1.64. The zero-order valence-corrected chi connectivity index (χ0v) is 14.4. The van der Waals surface area contributed by atoms with Gasteiger partial charge in [-0.2, -0.15) is 5.10 Å². The summed E-state index contributed by atoms with van der Waals surface area (Å²) >= 11 is 3.55. The Morgan fingerprint density at radius 2 is 2.10 bits per heavy atom. The van der Waals surface area contributed by atoms with E-state index in [-0.39, 0.29) is 5.54 Å². The third kappa shape index (κ3) is 4.54. The number of hydrogen-bond acceptors (Lipinski definition) is 4. The van der Waals surface area contributed by atoms with Crippen molar-refractivity contribution >= 4 is 15.9 Å². The molecule has 0 unspecified atom stereocenters. The fourth-order valence-electron chi connectivity index (χ4n) is 1.80. The van der Waals surface area contributed by atoms with Gasteiger partial charge in [-0.3, -0.25) is 4.68 Å². The van der Waals surface area contributed by atoms with Gasteiger partial charge < -0.3 is 10.1 Å². The molecule has 0 amide bonds. The van der Waals surface area contributed by atoms with Crippen LogP contribution in [0.4, 0.5) is 0 Å². The Morgan fingerprint density at radius 3 is 2.71 bits per heavy atom. The van der Waals surface area contributed by atoms with E-state index in [4.69, 9.17) is 4.74 Å². The van der Waals surface area contributed by atoms with Crippen LogP contribution in [-0.2, 0) is 20.2 Å². The second-order valence-corrected chi connectivity index (χ2v) is 6.77. The molecule has 0 aliphatic carbocycles. The maximum Gasteiger partial charge on any atom is 0.164 e. The number of ether oxygens (including phenoxy) is 1. The van der Waals surface area contributed by atoms with Crippen LogP contribution in [0.15, 0.2) is 29.0 Å². The summed E-state index contributed by atoms with van der Waals surface area (Å²) in [4.78, 5) is 4.17. The zero-order chi connectivity index (χ0) is 15.5. The van der Waals surface area contributed by atoms with Gasteiger partial charge in [0.05, 0.1) is 4.47 Å². The fourth-order valence-corrected chi connectivity index (χ4v) is 2.32. The van der Waals surface area contributed by atoms with Gasteiger partial charge in [0, 0.05) is 24.7 Å². The molecule has 1 heterocycles. The van der Waals surface area contributed by atoms with Crippen LogP contribution in [0.1, 0.15) is 32.2 Å². The van der Waals surface area contributed by atoms with Gasteiger partial charge in [0.15, 0.2) is 5.82 Å². The number of benzene rings is 1. The number of para-hydroxylation sites is 1. The molecule has 0 saturated carbocycles. The van der Waals surface area contributed by atoms with E-state index in [1.165, 1.54) is 6.33 Å². The minimum Gasteiger partial charge on any atom is -0.484 e. The molecular formula is C15H21BrN4O. The topological polar surface area (TPSA) is 52.0 Å². The predicted molar refractivity (Wildman–Crippen MR) is 86.1 cm³/mol. The van der Waals surface area contributed by atoms with E-state index in [9.17, 15) is 0 Å². The average Bonchev–Trinajstić information content (AvgIpc) is 2.80. The lowest BCUT2D eigenvalue weighted by Gasteiger charge is -2.22. The van der Waals surface area contributed by atoms with Crippen molar-refractivity contribution in [3.05, 3.63) is 40.4 Å². The second kappa shape index (κ2) is 6.58. The van der Waals surface area contributed by atoms with Gasteiger partial charge >= 0.3 is 0 Å². The first kappa shape index (κ1) is 16.0. The van der Waals surface area contributed by atoms with Crippen LogP contribution >= 0.6 is 15.9 Å². The lowest BCUT2D eigenvalue weighted by atomic mass is 10.1. The third-order valence-corrected chi connectivity index (χ3v) is 3.63. The molecule has 0 bridgehead atoms. The van der Waals surface area contributed by atoms with Crippen molar-refractivity contribution in [2.75, 3.05) is 0 Å². The van der Waals surface area contributed by atoms with Gasteiger partial charge in [-0.05, 0) is 42.8 Å². The summed E-state index contributed by atoms with van der Waals surface area (Å²) in [7, 11) is 1.85. The van der Waals surface area contributed by atoms with E-state index >= 15 is 0 Å². The highest BCUT2D eigenvalue weighted by Gasteiger charge is 2.13. The first-order valence-corrected chi connectivity index (χ1v) is 7.64. The van der Waals surface area contributed by atoms with Crippen LogP contribution in [0.5, 0.6) is 5.75 Å². The van der Waals surface area contributed by atoms with Gasteiger partial charge in [-0.15, -0.1) is 0 Å². The van der Waals surface area contributed by atoms with Crippen LogP contribution in [-0.4, -0.2) is 20.3 Å². The van der Waals surface area contributed by atoms with Crippen molar-refractivity contribution in [1.82, 2.24) is 20.1 Å². The summed E-state index contributed by atoms with van der Waals surface area (Å²) < 4.78 is 8.60. The largest absolute Gasteiger partial charge is 0.484 e. The molecule has 0 spiro atoms. The van der Waals surface area contributed by atoms with E-state index in [1.807, 2.05) is 19.2 Å². The minimum atomic E-state index is 0.0587. The Kier molecular flexibility index (Phi) is 5.00. The van der Waals surface area contributed by atoms with Crippen LogP contribution in [0.2, 0.25) is 0 Å². The predicted octanol–water partition coefficient (Wildman–Crippen LogP) is 3.04. The summed E-state index contributed by atoms with van der Waals surface area (Å²) in [5.41, 5.74) is 1.17. The van der Waals surface area contributed by atoms with Gasteiger partial charge in [0.1, 0.15) is 18.7 Å². The van der Waals surface area contributed by atoms with Crippen molar-refractivity contribution in [3.63, 3.8) is 0 Å². The van der Waals surface area contributed by atoms with Gasteiger partial charge in [-0.25, -0.2) is 4.98 Å². The maximum absolute atomic E-state index is 5.95. The molecular weight excluding hydrogens is 332 g/mol. The van der Waals surface area contributed by atoms with E-state index in [0.717, 1.165) is 28.2 Å². The normalized spacial score (nSPS) is 11.7. The minimum absolute atomic E-state index is 0.0587. The molecule has 2 aromatic rings. The van der Waals surface area contributed by atoms with Gasteiger partial charge in [0.2, 0.25) is 0 Å². The summed E-state index contributed by atoms with van der Waals surface area (Å²) in [6.07, 6.45) is 1.53. The molecule has 1 aromatic carbocycles. The van der Waals surface area contributed by atoms with Gasteiger partial charge in [0.25, 0.3) is 0 Å². The number of aromatic nitrogens is 3. The smallest absolute Gasteiger partial charge is 0.164 e. The monoisotopic (exact) mass is 352 g/mol. The first-order chi connectivity index (χ1) is 9.87. The Hall–Kier alpha value is -1.40. The Balaban J connectivity index is 2.12. The number of nitrogens with one attached hydrogen (secondary N) is 1. The first-order valence-electron chi connectivity index (χ1n) is 6.85. The molecule has 1 N–H and O–H groups in total. The zero-order valence-electron chi connectivity index (χ0n) is 12.9. The Morgan fingerprint density at radius 1 is 1.33 bits per heavy atom. The highest BCUT2D eigenvalue weighted by molar-refractivity contribution is 9.10. The Bertz CT molecular complexity index is 604. The van der Waals surface area contributed by atoms with Crippen molar-refractivity contribution in [1.29, 1.82) is 0 Å². The van der Waals surface area contributed by atoms with Crippen LogP contribution in [0, 0.1) is 0 Å². The molecule has 114 valence electrons. The second-order valence-electron chi connectivity index (χ2n) is 5.92. The van der Waals surface area contributed by atoms with Crippen LogP contribution in [0.25, 0.3) is 0 Å². The average molecular weight is 353 g/mol. The number of rotatable bonds is 5. The molecule has 1 aromatic heterocycles. The van der Waals surface area contributed by atoms with Gasteiger partial charge in [-0.1, -0.05) is 12.1 Å². The molecule has 21 heavy (non-hydrogen) atoms. The van der Waals surface area contributed by atoms with Crippen molar-refractivity contribution in [2.24, 2.45) is 7.05 Å². The number of nitrogens with zero attached hydrogens (tertiary/aromatic N) is 3. The molecule has 0 radical (unpaired) electrons. The highest BCUT2D eigenvalue weighted by atomic mass is 79.9. The molecule has 0 aliphatic heterocycles. The van der Waals surface area contributed by atoms with E-state index in [2.05, 4.69) is 58.2 Å². The molecule has 5 nitrogen and oxygen atoms in total. The standard InChI is InChI=1S/C15H21BrN4O/c1-15(2,3)18-8-11-6-5-7-12(16)14(11)21-9-13-17-10-19-20(13)4/h5-7,10,18H,8-9H2,1-4H3. The van der Waals surface area contributed by atoms with E-state index in [0.29, 0.717) is 6.61 Å². The van der Waals surface area contributed by atoms with Crippen LogP contribution < -0.4 is 10.1 Å². The van der Waals surface area contributed by atoms with E-state index in [1.54, 1.807) is 4.68 Å². The molecule has 0 saturated heterocycles. The molecule has 0 fully saturated rings. The SMILES string of the molecule is Cn1ncnc1COc1c(Br)cccc1CNC(C)(C)C. The third-order valence-electron chi connectivity index (χ3n) is 3.01. The summed E-state index contributed by atoms with van der Waals surface area (Å²) in [6, 6.07) is 6.06. The number of hydrogen-bond donors (Lipinski definition) is 1. The quantitative estimate of drug-likeness (QED) is 0.898. The molecule has 0 aliphatic rings. The summed E-state index contributed by atoms with van der Waals surface area (Å²) in [6.45, 7) is 7.57. The van der Waals surface area contributed by atoms with Crippen molar-refractivity contribution in [3.8, 4) is 5.75 Å². The number of aryl methyl sites for hydroxylation is 1. The number of halogens is 1. The lowest BCUT2D eigenvalue weighted by Crippen LogP contribution is -2.35. The summed E-state index contributed by atoms with van der Waals surface area (Å²) in [5, 5.41) is 7.52. The van der Waals surface area contributed by atoms with Crippen LogP contribution in [0.3, 0.4) is 0 Å². The molecule has 6 heteroatoms. The highest BCUT2D eigenvalue weighted by Crippen LogP contribution is 2.30. The fraction of sp³-hybridized carbons (Fsp3) is 0.467. The maximum atomic E-state index is 5.95. The van der Waals surface area contributed by atoms with E-state index < -0.39 is 0 Å². The van der Waals surface area contributed by atoms with Crippen molar-refractivity contribution in [2.45, 2.75) is 39.5 Å². The molecule has 2 rings (SSSR count). The lowest BCUT2D eigenvalue weighted by molar-refractivity contribution is 0.283.